The number of halogens is 1. The van der Waals surface area contributed by atoms with Crippen molar-refractivity contribution in [2.24, 2.45) is 5.73 Å². The highest BCUT2D eigenvalue weighted by Gasteiger charge is 2.06. The molecular formula is C11H13ClN2O3. The van der Waals surface area contributed by atoms with Crippen LogP contribution in [0.5, 0.6) is 11.6 Å². The summed E-state index contributed by atoms with van der Waals surface area (Å²) in [6, 6.07) is 8.32. The molecule has 0 amide bonds. The predicted molar refractivity (Wildman–Crippen MR) is 65.4 cm³/mol. The smallest absolute Gasteiger partial charge is 0.254 e. The topological polar surface area (TPSA) is 81.5 Å². The van der Waals surface area contributed by atoms with Crippen LogP contribution in [-0.2, 0) is 0 Å². The summed E-state index contributed by atoms with van der Waals surface area (Å²) in [5.41, 5.74) is 6.13. The standard InChI is InChI=1S/C11H12N2O3.ClH/c12-5-6-15-11-7-10(16-13-11)8-1-3-9(14)4-2-8;/h1-4,7,14H,5-6,12H2;1H. The second-order valence-corrected chi connectivity index (χ2v) is 3.21. The van der Waals surface area contributed by atoms with Gasteiger partial charge in [-0.2, -0.15) is 0 Å². The van der Waals surface area contributed by atoms with Crippen LogP contribution in [0.2, 0.25) is 0 Å². The van der Waals surface area contributed by atoms with Crippen molar-refractivity contribution in [1.82, 2.24) is 5.16 Å². The summed E-state index contributed by atoms with van der Waals surface area (Å²) < 4.78 is 10.3. The molecule has 0 spiro atoms. The zero-order chi connectivity index (χ0) is 11.4. The zero-order valence-electron chi connectivity index (χ0n) is 9.00. The van der Waals surface area contributed by atoms with Crippen LogP contribution in [-0.4, -0.2) is 23.4 Å². The largest absolute Gasteiger partial charge is 0.508 e. The minimum absolute atomic E-state index is 0. The molecule has 0 atom stereocenters. The Morgan fingerprint density at radius 2 is 2.00 bits per heavy atom. The fourth-order valence-corrected chi connectivity index (χ4v) is 1.25. The third kappa shape index (κ3) is 3.37. The molecule has 0 aliphatic carbocycles. The van der Waals surface area contributed by atoms with Crippen LogP contribution >= 0.6 is 12.4 Å². The second kappa shape index (κ2) is 6.12. The first kappa shape index (κ1) is 13.3. The summed E-state index contributed by atoms with van der Waals surface area (Å²) in [6.45, 7) is 0.836. The quantitative estimate of drug-likeness (QED) is 0.872. The number of rotatable bonds is 4. The summed E-state index contributed by atoms with van der Waals surface area (Å²) >= 11 is 0. The van der Waals surface area contributed by atoms with Gasteiger partial charge in [0.25, 0.3) is 5.88 Å². The number of benzene rings is 1. The van der Waals surface area contributed by atoms with Gasteiger partial charge in [-0.25, -0.2) is 0 Å². The lowest BCUT2D eigenvalue weighted by Gasteiger charge is -1.96. The van der Waals surface area contributed by atoms with Crippen LogP contribution in [0, 0.1) is 0 Å². The van der Waals surface area contributed by atoms with E-state index in [-0.39, 0.29) is 18.2 Å². The Bertz CT molecular complexity index is 456. The number of aromatic nitrogens is 1. The molecule has 3 N–H and O–H groups in total. The van der Waals surface area contributed by atoms with E-state index in [0.29, 0.717) is 24.8 Å². The van der Waals surface area contributed by atoms with Crippen molar-refractivity contribution in [3.8, 4) is 23.0 Å². The van der Waals surface area contributed by atoms with Gasteiger partial charge in [0.1, 0.15) is 12.4 Å². The van der Waals surface area contributed by atoms with Crippen LogP contribution in [0.15, 0.2) is 34.9 Å². The van der Waals surface area contributed by atoms with E-state index < -0.39 is 0 Å². The van der Waals surface area contributed by atoms with Crippen LogP contribution in [0.25, 0.3) is 11.3 Å². The third-order valence-electron chi connectivity index (χ3n) is 2.01. The van der Waals surface area contributed by atoms with Gasteiger partial charge in [0.05, 0.1) is 0 Å². The Morgan fingerprint density at radius 3 is 2.65 bits per heavy atom. The Hall–Kier alpha value is -1.72. The molecule has 92 valence electrons. The maximum Gasteiger partial charge on any atom is 0.254 e. The van der Waals surface area contributed by atoms with Crippen molar-refractivity contribution >= 4 is 12.4 Å². The van der Waals surface area contributed by atoms with E-state index in [0.717, 1.165) is 5.56 Å². The fourth-order valence-electron chi connectivity index (χ4n) is 1.25. The fraction of sp³-hybridized carbons (Fsp3) is 0.182. The van der Waals surface area contributed by atoms with Gasteiger partial charge < -0.3 is 20.1 Å². The average Bonchev–Trinajstić information content (AvgIpc) is 2.76. The first-order valence-electron chi connectivity index (χ1n) is 4.88. The Morgan fingerprint density at radius 1 is 1.29 bits per heavy atom. The van der Waals surface area contributed by atoms with Gasteiger partial charge in [-0.05, 0) is 29.4 Å². The summed E-state index contributed by atoms with van der Waals surface area (Å²) in [4.78, 5) is 0. The van der Waals surface area contributed by atoms with Crippen molar-refractivity contribution in [3.63, 3.8) is 0 Å². The van der Waals surface area contributed by atoms with Gasteiger partial charge in [0, 0.05) is 18.2 Å². The van der Waals surface area contributed by atoms with Crippen molar-refractivity contribution in [1.29, 1.82) is 0 Å². The minimum atomic E-state index is 0. The molecule has 1 heterocycles. The number of phenolic OH excluding ortho intramolecular Hbond substituents is 1. The van der Waals surface area contributed by atoms with Gasteiger partial charge in [0.2, 0.25) is 0 Å². The van der Waals surface area contributed by atoms with E-state index >= 15 is 0 Å². The number of hydrogen-bond donors (Lipinski definition) is 2. The molecule has 5 nitrogen and oxygen atoms in total. The summed E-state index contributed by atoms with van der Waals surface area (Å²) in [7, 11) is 0. The van der Waals surface area contributed by atoms with Crippen LogP contribution in [0.4, 0.5) is 0 Å². The van der Waals surface area contributed by atoms with Crippen LogP contribution in [0.1, 0.15) is 0 Å². The molecule has 0 saturated heterocycles. The first-order chi connectivity index (χ1) is 7.79. The van der Waals surface area contributed by atoms with E-state index in [4.69, 9.17) is 20.1 Å². The lowest BCUT2D eigenvalue weighted by Crippen LogP contribution is -2.10. The van der Waals surface area contributed by atoms with E-state index in [9.17, 15) is 0 Å². The molecular weight excluding hydrogens is 244 g/mol. The molecule has 0 radical (unpaired) electrons. The van der Waals surface area contributed by atoms with E-state index in [1.165, 1.54) is 0 Å². The molecule has 0 unspecified atom stereocenters. The summed E-state index contributed by atoms with van der Waals surface area (Å²) in [6.07, 6.45) is 0. The molecule has 0 aliphatic heterocycles. The van der Waals surface area contributed by atoms with Crippen molar-refractivity contribution < 1.29 is 14.4 Å². The number of nitrogens with zero attached hydrogens (tertiary/aromatic N) is 1. The maximum atomic E-state index is 9.14. The predicted octanol–water partition coefficient (Wildman–Crippen LogP) is 1.81. The number of ether oxygens (including phenoxy) is 1. The highest BCUT2D eigenvalue weighted by atomic mass is 35.5. The lowest BCUT2D eigenvalue weighted by molar-refractivity contribution is 0.288. The van der Waals surface area contributed by atoms with Gasteiger partial charge in [-0.15, -0.1) is 12.4 Å². The molecule has 0 aliphatic rings. The van der Waals surface area contributed by atoms with Gasteiger partial charge >= 0.3 is 0 Å². The summed E-state index contributed by atoms with van der Waals surface area (Å²) in [5, 5.41) is 12.9. The number of phenols is 1. The molecule has 17 heavy (non-hydrogen) atoms. The monoisotopic (exact) mass is 256 g/mol. The van der Waals surface area contributed by atoms with Crippen molar-refractivity contribution in [2.75, 3.05) is 13.2 Å². The van der Waals surface area contributed by atoms with Crippen LogP contribution in [0.3, 0.4) is 0 Å². The zero-order valence-corrected chi connectivity index (χ0v) is 9.81. The highest BCUT2D eigenvalue weighted by molar-refractivity contribution is 5.85. The Kier molecular flexibility index (Phi) is 4.81. The molecule has 0 bridgehead atoms. The highest BCUT2D eigenvalue weighted by Crippen LogP contribution is 2.24. The first-order valence-corrected chi connectivity index (χ1v) is 4.88. The molecule has 0 fully saturated rings. The minimum Gasteiger partial charge on any atom is -0.508 e. The Balaban J connectivity index is 0.00000144. The SMILES string of the molecule is Cl.NCCOc1cc(-c2ccc(O)cc2)on1. The van der Waals surface area contributed by atoms with E-state index in [2.05, 4.69) is 5.16 Å². The molecule has 2 aromatic rings. The molecule has 1 aromatic heterocycles. The molecule has 2 rings (SSSR count). The van der Waals surface area contributed by atoms with Gasteiger partial charge in [-0.1, -0.05) is 0 Å². The number of nitrogens with two attached hydrogens (primary N) is 1. The molecule has 1 aromatic carbocycles. The van der Waals surface area contributed by atoms with Crippen molar-refractivity contribution in [3.05, 3.63) is 30.3 Å². The van der Waals surface area contributed by atoms with Gasteiger partial charge in [-0.3, -0.25) is 0 Å². The summed E-state index contributed by atoms with van der Waals surface area (Å²) in [5.74, 6) is 1.21. The maximum absolute atomic E-state index is 9.14. The normalized spacial score (nSPS) is 9.71. The van der Waals surface area contributed by atoms with Crippen molar-refractivity contribution in [2.45, 2.75) is 0 Å². The number of aromatic hydroxyl groups is 1. The second-order valence-electron chi connectivity index (χ2n) is 3.21. The lowest BCUT2D eigenvalue weighted by atomic mass is 10.2. The third-order valence-corrected chi connectivity index (χ3v) is 2.01. The molecule has 0 saturated carbocycles. The van der Waals surface area contributed by atoms with E-state index in [1.807, 2.05) is 0 Å². The Labute approximate surface area is 105 Å². The molecule has 6 heteroatoms. The van der Waals surface area contributed by atoms with Crippen LogP contribution < -0.4 is 10.5 Å². The van der Waals surface area contributed by atoms with E-state index in [1.54, 1.807) is 30.3 Å². The number of hydrogen-bond acceptors (Lipinski definition) is 5. The average molecular weight is 257 g/mol. The van der Waals surface area contributed by atoms with Gasteiger partial charge in [0.15, 0.2) is 5.76 Å².